The number of hydrazine groups is 1. The molecule has 5 nitrogen and oxygen atoms in total. The Morgan fingerprint density at radius 3 is 2.67 bits per heavy atom. The molecule has 0 aliphatic heterocycles. The van der Waals surface area contributed by atoms with E-state index >= 15 is 0 Å². The van der Waals surface area contributed by atoms with Crippen LogP contribution < -0.4 is 16.6 Å². The van der Waals surface area contributed by atoms with E-state index in [0.717, 1.165) is 16.5 Å². The topological polar surface area (TPSA) is 75.9 Å². The first-order valence-electron chi connectivity index (χ1n) is 6.44. The predicted molar refractivity (Wildman–Crippen MR) is 81.8 cm³/mol. The van der Waals surface area contributed by atoms with Gasteiger partial charge in [-0.1, -0.05) is 18.2 Å². The van der Waals surface area contributed by atoms with Crippen LogP contribution in [-0.2, 0) is 0 Å². The van der Waals surface area contributed by atoms with Gasteiger partial charge in [0.1, 0.15) is 11.6 Å². The van der Waals surface area contributed by atoms with Crippen molar-refractivity contribution in [2.75, 3.05) is 10.7 Å². The van der Waals surface area contributed by atoms with Crippen LogP contribution in [0.5, 0.6) is 0 Å². The van der Waals surface area contributed by atoms with Gasteiger partial charge in [-0.25, -0.2) is 15.2 Å². The summed E-state index contributed by atoms with van der Waals surface area (Å²) in [5.74, 6) is 5.81. The van der Waals surface area contributed by atoms with Gasteiger partial charge in [0.2, 0.25) is 5.95 Å². The van der Waals surface area contributed by atoms with Crippen molar-refractivity contribution in [2.24, 2.45) is 5.84 Å². The molecule has 0 aliphatic rings. The maximum Gasteiger partial charge on any atom is 0.239 e. The number of hydrogen-bond donors (Lipinski definition) is 3. The standard InChI is InChI=1S/C15H14FN5/c1-9-6-7-13(11(16)8-9)18-14-10-4-2-3-5-12(10)19-15(20-14)21-17/h2-8H,17H2,1H3,(H2,18,19,20,21). The van der Waals surface area contributed by atoms with E-state index in [1.807, 2.05) is 37.3 Å². The molecule has 0 spiro atoms. The number of anilines is 3. The van der Waals surface area contributed by atoms with Crippen molar-refractivity contribution in [1.29, 1.82) is 0 Å². The third kappa shape index (κ3) is 2.61. The van der Waals surface area contributed by atoms with Crippen molar-refractivity contribution in [3.8, 4) is 0 Å². The molecule has 0 saturated carbocycles. The SMILES string of the molecule is Cc1ccc(Nc2nc(NN)nc3ccccc23)c(F)c1. The highest BCUT2D eigenvalue weighted by molar-refractivity contribution is 5.91. The molecule has 0 amide bonds. The number of nitrogens with zero attached hydrogens (tertiary/aromatic N) is 2. The second-order valence-electron chi connectivity index (χ2n) is 4.67. The van der Waals surface area contributed by atoms with E-state index in [-0.39, 0.29) is 11.8 Å². The molecule has 106 valence electrons. The normalized spacial score (nSPS) is 10.6. The zero-order valence-corrected chi connectivity index (χ0v) is 11.4. The number of fused-ring (bicyclic) bond motifs is 1. The highest BCUT2D eigenvalue weighted by Gasteiger charge is 2.09. The Bertz CT molecular complexity index is 803. The average Bonchev–Trinajstić information content (AvgIpc) is 2.49. The van der Waals surface area contributed by atoms with Gasteiger partial charge >= 0.3 is 0 Å². The zero-order valence-electron chi connectivity index (χ0n) is 11.4. The fraction of sp³-hybridized carbons (Fsp3) is 0.0667. The Hall–Kier alpha value is -2.73. The lowest BCUT2D eigenvalue weighted by Crippen LogP contribution is -2.11. The van der Waals surface area contributed by atoms with Gasteiger partial charge in [0, 0.05) is 5.39 Å². The number of aromatic nitrogens is 2. The van der Waals surface area contributed by atoms with E-state index in [9.17, 15) is 4.39 Å². The molecule has 0 radical (unpaired) electrons. The Labute approximate surface area is 121 Å². The Kier molecular flexibility index (Phi) is 3.37. The Morgan fingerprint density at radius 2 is 1.90 bits per heavy atom. The maximum absolute atomic E-state index is 14.0. The van der Waals surface area contributed by atoms with Crippen LogP contribution in [0.3, 0.4) is 0 Å². The molecule has 3 aromatic rings. The minimum absolute atomic E-state index is 0.267. The van der Waals surface area contributed by atoms with Gasteiger partial charge in [-0.15, -0.1) is 0 Å². The molecular formula is C15H14FN5. The smallest absolute Gasteiger partial charge is 0.239 e. The Morgan fingerprint density at radius 1 is 1.10 bits per heavy atom. The largest absolute Gasteiger partial charge is 0.337 e. The van der Waals surface area contributed by atoms with Crippen LogP contribution in [-0.4, -0.2) is 9.97 Å². The van der Waals surface area contributed by atoms with Crippen molar-refractivity contribution in [3.05, 3.63) is 53.8 Å². The van der Waals surface area contributed by atoms with Crippen molar-refractivity contribution < 1.29 is 4.39 Å². The summed E-state index contributed by atoms with van der Waals surface area (Å²) < 4.78 is 14.0. The molecular weight excluding hydrogens is 269 g/mol. The van der Waals surface area contributed by atoms with Crippen molar-refractivity contribution in [3.63, 3.8) is 0 Å². The van der Waals surface area contributed by atoms with Crippen LogP contribution in [0.1, 0.15) is 5.56 Å². The molecule has 0 aliphatic carbocycles. The summed E-state index contributed by atoms with van der Waals surface area (Å²) in [6, 6.07) is 12.4. The van der Waals surface area contributed by atoms with Crippen LogP contribution >= 0.6 is 0 Å². The highest BCUT2D eigenvalue weighted by atomic mass is 19.1. The predicted octanol–water partition coefficient (Wildman–Crippen LogP) is 3.11. The minimum atomic E-state index is -0.333. The van der Waals surface area contributed by atoms with Gasteiger partial charge in [0.25, 0.3) is 0 Å². The van der Waals surface area contributed by atoms with Crippen molar-refractivity contribution in [1.82, 2.24) is 9.97 Å². The molecule has 3 rings (SSSR count). The van der Waals surface area contributed by atoms with E-state index in [4.69, 9.17) is 5.84 Å². The van der Waals surface area contributed by atoms with E-state index in [1.165, 1.54) is 6.07 Å². The van der Waals surface area contributed by atoms with E-state index < -0.39 is 0 Å². The Balaban J connectivity index is 2.10. The lowest BCUT2D eigenvalue weighted by molar-refractivity contribution is 0.630. The summed E-state index contributed by atoms with van der Waals surface area (Å²) in [7, 11) is 0. The molecule has 2 aromatic carbocycles. The quantitative estimate of drug-likeness (QED) is 0.508. The van der Waals surface area contributed by atoms with Crippen LogP contribution in [0.2, 0.25) is 0 Å². The third-order valence-electron chi connectivity index (χ3n) is 3.11. The third-order valence-corrected chi connectivity index (χ3v) is 3.11. The summed E-state index contributed by atoms with van der Waals surface area (Å²) in [6.45, 7) is 1.84. The first-order chi connectivity index (χ1) is 10.2. The number of para-hydroxylation sites is 1. The molecule has 0 fully saturated rings. The molecule has 0 atom stereocenters. The van der Waals surface area contributed by atoms with Crippen molar-refractivity contribution in [2.45, 2.75) is 6.92 Å². The van der Waals surface area contributed by atoms with Gasteiger partial charge in [-0.2, -0.15) is 4.98 Å². The monoisotopic (exact) mass is 283 g/mol. The summed E-state index contributed by atoms with van der Waals surface area (Å²) in [4.78, 5) is 8.50. The fourth-order valence-corrected chi connectivity index (χ4v) is 2.09. The molecule has 1 heterocycles. The molecule has 6 heteroatoms. The second-order valence-corrected chi connectivity index (χ2v) is 4.67. The molecule has 21 heavy (non-hydrogen) atoms. The second kappa shape index (κ2) is 5.34. The molecule has 4 N–H and O–H groups in total. The fourth-order valence-electron chi connectivity index (χ4n) is 2.09. The first-order valence-corrected chi connectivity index (χ1v) is 6.44. The van der Waals surface area contributed by atoms with Crippen LogP contribution in [0.15, 0.2) is 42.5 Å². The molecule has 0 saturated heterocycles. The van der Waals surface area contributed by atoms with Gasteiger partial charge in [-0.3, -0.25) is 5.43 Å². The van der Waals surface area contributed by atoms with Gasteiger partial charge in [-0.05, 0) is 36.8 Å². The summed E-state index contributed by atoms with van der Waals surface area (Å²) in [5.41, 5.74) is 4.34. The van der Waals surface area contributed by atoms with Gasteiger partial charge < -0.3 is 5.32 Å². The zero-order chi connectivity index (χ0) is 14.8. The first kappa shape index (κ1) is 13.3. The number of halogens is 1. The molecule has 0 bridgehead atoms. The van der Waals surface area contributed by atoms with Gasteiger partial charge in [0.15, 0.2) is 0 Å². The number of benzene rings is 2. The summed E-state index contributed by atoms with van der Waals surface area (Å²) in [5, 5.41) is 3.78. The van der Waals surface area contributed by atoms with E-state index in [2.05, 4.69) is 20.7 Å². The number of aryl methyl sites for hydroxylation is 1. The summed E-state index contributed by atoms with van der Waals surface area (Å²) in [6.07, 6.45) is 0. The number of rotatable bonds is 3. The van der Waals surface area contributed by atoms with Crippen LogP contribution in [0.25, 0.3) is 10.9 Å². The lowest BCUT2D eigenvalue weighted by Gasteiger charge is -2.11. The number of hydrogen-bond acceptors (Lipinski definition) is 5. The molecule has 1 aromatic heterocycles. The van der Waals surface area contributed by atoms with Gasteiger partial charge in [0.05, 0.1) is 11.2 Å². The average molecular weight is 283 g/mol. The van der Waals surface area contributed by atoms with Crippen molar-refractivity contribution >= 4 is 28.4 Å². The van der Waals surface area contributed by atoms with E-state index in [1.54, 1.807) is 6.07 Å². The number of nitrogens with one attached hydrogen (secondary N) is 2. The maximum atomic E-state index is 14.0. The van der Waals surface area contributed by atoms with Crippen LogP contribution in [0, 0.1) is 12.7 Å². The number of nitrogens with two attached hydrogens (primary N) is 1. The molecule has 0 unspecified atom stereocenters. The highest BCUT2D eigenvalue weighted by Crippen LogP contribution is 2.26. The minimum Gasteiger partial charge on any atom is -0.337 e. The summed E-state index contributed by atoms with van der Waals surface area (Å²) >= 11 is 0. The van der Waals surface area contributed by atoms with E-state index in [0.29, 0.717) is 11.5 Å². The number of nitrogen functional groups attached to an aromatic ring is 1. The van der Waals surface area contributed by atoms with Crippen LogP contribution in [0.4, 0.5) is 21.8 Å². The lowest BCUT2D eigenvalue weighted by atomic mass is 10.2.